The second kappa shape index (κ2) is 6.26. The van der Waals surface area contributed by atoms with Crippen LogP contribution < -0.4 is 10.1 Å². The molecule has 0 saturated carbocycles. The molecule has 0 atom stereocenters. The molecule has 1 aromatic heterocycles. The Morgan fingerprint density at radius 3 is 2.48 bits per heavy atom. The maximum Gasteiger partial charge on any atom is 0.221 e. The van der Waals surface area contributed by atoms with E-state index in [-0.39, 0.29) is 11.3 Å². The van der Waals surface area contributed by atoms with Crippen molar-refractivity contribution < 1.29 is 9.53 Å². The van der Waals surface area contributed by atoms with Crippen LogP contribution in [0.3, 0.4) is 0 Å². The zero-order valence-electron chi connectivity index (χ0n) is 12.8. The number of nitrogens with one attached hydrogen (secondary N) is 1. The third-order valence-electron chi connectivity index (χ3n) is 2.86. The first-order valence-electron chi connectivity index (χ1n) is 6.80. The van der Waals surface area contributed by atoms with Crippen molar-refractivity contribution in [3.63, 3.8) is 0 Å². The number of amides is 1. The summed E-state index contributed by atoms with van der Waals surface area (Å²) < 4.78 is 5.71. The SMILES string of the molecule is CC(=O)Nc1ccc(OCc2nc(C(C)(C)C)cs2)cc1. The smallest absolute Gasteiger partial charge is 0.221 e. The summed E-state index contributed by atoms with van der Waals surface area (Å²) in [6, 6.07) is 7.31. The normalized spacial score (nSPS) is 11.2. The Morgan fingerprint density at radius 2 is 1.95 bits per heavy atom. The average Bonchev–Trinajstić information content (AvgIpc) is 2.86. The van der Waals surface area contributed by atoms with Crippen molar-refractivity contribution in [1.29, 1.82) is 0 Å². The van der Waals surface area contributed by atoms with Crippen LogP contribution in [-0.4, -0.2) is 10.9 Å². The molecule has 0 aliphatic rings. The molecule has 0 fully saturated rings. The first-order chi connectivity index (χ1) is 9.84. The molecule has 0 unspecified atom stereocenters. The van der Waals surface area contributed by atoms with Gasteiger partial charge in [-0.25, -0.2) is 4.98 Å². The van der Waals surface area contributed by atoms with Crippen molar-refractivity contribution in [3.05, 3.63) is 40.3 Å². The molecule has 1 aromatic carbocycles. The number of hydrogen-bond acceptors (Lipinski definition) is 4. The number of hydrogen-bond donors (Lipinski definition) is 1. The molecule has 1 heterocycles. The molecule has 5 heteroatoms. The van der Waals surface area contributed by atoms with Crippen LogP contribution in [0.15, 0.2) is 29.6 Å². The minimum absolute atomic E-state index is 0.0642. The van der Waals surface area contributed by atoms with Gasteiger partial charge in [0, 0.05) is 23.4 Å². The zero-order chi connectivity index (χ0) is 15.5. The maximum atomic E-state index is 10.9. The third kappa shape index (κ3) is 4.56. The van der Waals surface area contributed by atoms with E-state index in [0.717, 1.165) is 22.1 Å². The van der Waals surface area contributed by atoms with Crippen molar-refractivity contribution in [2.45, 2.75) is 39.7 Å². The fraction of sp³-hybridized carbons (Fsp3) is 0.375. The van der Waals surface area contributed by atoms with E-state index in [1.165, 1.54) is 6.92 Å². The molecule has 0 aliphatic heterocycles. The highest BCUT2D eigenvalue weighted by Crippen LogP contribution is 2.25. The van der Waals surface area contributed by atoms with Crippen LogP contribution >= 0.6 is 11.3 Å². The Balaban J connectivity index is 1.94. The van der Waals surface area contributed by atoms with E-state index in [2.05, 4.69) is 36.5 Å². The Bertz CT molecular complexity index is 612. The Morgan fingerprint density at radius 1 is 1.29 bits per heavy atom. The fourth-order valence-electron chi connectivity index (χ4n) is 1.70. The van der Waals surface area contributed by atoms with Gasteiger partial charge in [0.15, 0.2) is 0 Å². The van der Waals surface area contributed by atoms with Crippen LogP contribution in [0.25, 0.3) is 0 Å². The second-order valence-electron chi connectivity index (χ2n) is 5.87. The van der Waals surface area contributed by atoms with Gasteiger partial charge in [-0.15, -0.1) is 11.3 Å². The van der Waals surface area contributed by atoms with Gasteiger partial charge in [0.25, 0.3) is 0 Å². The highest BCUT2D eigenvalue weighted by Gasteiger charge is 2.17. The fourth-order valence-corrected chi connectivity index (χ4v) is 2.64. The summed E-state index contributed by atoms with van der Waals surface area (Å²) in [7, 11) is 0. The van der Waals surface area contributed by atoms with Gasteiger partial charge in [-0.05, 0) is 24.3 Å². The van der Waals surface area contributed by atoms with E-state index in [9.17, 15) is 4.79 Å². The Kier molecular flexibility index (Phi) is 4.63. The van der Waals surface area contributed by atoms with E-state index in [1.807, 2.05) is 24.3 Å². The van der Waals surface area contributed by atoms with Crippen molar-refractivity contribution in [2.24, 2.45) is 0 Å². The van der Waals surface area contributed by atoms with Crippen molar-refractivity contribution in [3.8, 4) is 5.75 Å². The van der Waals surface area contributed by atoms with Crippen LogP contribution in [0.2, 0.25) is 0 Å². The Labute approximate surface area is 129 Å². The topological polar surface area (TPSA) is 51.2 Å². The van der Waals surface area contributed by atoms with E-state index in [1.54, 1.807) is 11.3 Å². The van der Waals surface area contributed by atoms with Gasteiger partial charge in [0.05, 0.1) is 5.69 Å². The van der Waals surface area contributed by atoms with Crippen LogP contribution in [0.1, 0.15) is 38.4 Å². The standard InChI is InChI=1S/C16H20N2O2S/c1-11(19)17-12-5-7-13(8-6-12)20-9-15-18-14(10-21-15)16(2,3)4/h5-8,10H,9H2,1-4H3,(H,17,19). The maximum absolute atomic E-state index is 10.9. The summed E-state index contributed by atoms with van der Waals surface area (Å²) in [5.41, 5.74) is 1.92. The number of carbonyl (C=O) groups is 1. The molecule has 1 amide bonds. The van der Waals surface area contributed by atoms with Crippen molar-refractivity contribution in [1.82, 2.24) is 4.98 Å². The summed E-state index contributed by atoms with van der Waals surface area (Å²) in [5.74, 6) is 0.678. The molecule has 0 aliphatic carbocycles. The molecule has 2 aromatic rings. The lowest BCUT2D eigenvalue weighted by Crippen LogP contribution is -2.11. The van der Waals surface area contributed by atoms with E-state index in [0.29, 0.717) is 6.61 Å². The zero-order valence-corrected chi connectivity index (χ0v) is 13.6. The largest absolute Gasteiger partial charge is 0.486 e. The lowest BCUT2D eigenvalue weighted by Gasteiger charge is -2.14. The number of anilines is 1. The first-order valence-corrected chi connectivity index (χ1v) is 7.68. The molecule has 21 heavy (non-hydrogen) atoms. The number of aromatic nitrogens is 1. The minimum atomic E-state index is -0.0823. The average molecular weight is 304 g/mol. The van der Waals surface area contributed by atoms with Crippen LogP contribution in [0, 0.1) is 0 Å². The number of nitrogens with zero attached hydrogens (tertiary/aromatic N) is 1. The van der Waals surface area contributed by atoms with Crippen molar-refractivity contribution in [2.75, 3.05) is 5.32 Å². The highest BCUT2D eigenvalue weighted by atomic mass is 32.1. The summed E-state index contributed by atoms with van der Waals surface area (Å²) in [6.07, 6.45) is 0. The molecular weight excluding hydrogens is 284 g/mol. The number of rotatable bonds is 4. The number of benzene rings is 1. The molecule has 0 saturated heterocycles. The van der Waals surface area contributed by atoms with Crippen LogP contribution in [-0.2, 0) is 16.8 Å². The van der Waals surface area contributed by atoms with Gasteiger partial charge in [-0.2, -0.15) is 0 Å². The number of thiazole rings is 1. The van der Waals surface area contributed by atoms with Gasteiger partial charge in [0.2, 0.25) is 5.91 Å². The van der Waals surface area contributed by atoms with Crippen molar-refractivity contribution >= 4 is 22.9 Å². The molecule has 0 spiro atoms. The molecular formula is C16H20N2O2S. The molecule has 0 bridgehead atoms. The lowest BCUT2D eigenvalue weighted by molar-refractivity contribution is -0.114. The van der Waals surface area contributed by atoms with E-state index in [4.69, 9.17) is 4.74 Å². The quantitative estimate of drug-likeness (QED) is 0.929. The van der Waals surface area contributed by atoms with Gasteiger partial charge in [-0.1, -0.05) is 20.8 Å². The number of carbonyl (C=O) groups excluding carboxylic acids is 1. The van der Waals surface area contributed by atoms with Crippen LogP contribution in [0.5, 0.6) is 5.75 Å². The van der Waals surface area contributed by atoms with Gasteiger partial charge >= 0.3 is 0 Å². The summed E-state index contributed by atoms with van der Waals surface area (Å²) in [6.45, 7) is 8.38. The molecule has 4 nitrogen and oxygen atoms in total. The molecule has 112 valence electrons. The summed E-state index contributed by atoms with van der Waals surface area (Å²) in [5, 5.41) is 5.77. The summed E-state index contributed by atoms with van der Waals surface area (Å²) in [4.78, 5) is 15.5. The molecule has 1 N–H and O–H groups in total. The van der Waals surface area contributed by atoms with Gasteiger partial charge in [0.1, 0.15) is 17.4 Å². The predicted octanol–water partition coefficient (Wildman–Crippen LogP) is 3.98. The summed E-state index contributed by atoms with van der Waals surface area (Å²) >= 11 is 1.61. The van der Waals surface area contributed by atoms with E-state index < -0.39 is 0 Å². The number of ether oxygens (including phenoxy) is 1. The minimum Gasteiger partial charge on any atom is -0.486 e. The highest BCUT2D eigenvalue weighted by molar-refractivity contribution is 7.09. The monoisotopic (exact) mass is 304 g/mol. The van der Waals surface area contributed by atoms with Crippen LogP contribution in [0.4, 0.5) is 5.69 Å². The van der Waals surface area contributed by atoms with Gasteiger partial charge in [-0.3, -0.25) is 4.79 Å². The molecule has 0 radical (unpaired) electrons. The predicted molar refractivity (Wildman–Crippen MR) is 85.9 cm³/mol. The van der Waals surface area contributed by atoms with E-state index >= 15 is 0 Å². The van der Waals surface area contributed by atoms with Gasteiger partial charge < -0.3 is 10.1 Å². The third-order valence-corrected chi connectivity index (χ3v) is 3.68. The Hall–Kier alpha value is -1.88. The molecule has 2 rings (SSSR count). The first kappa shape index (κ1) is 15.5. The lowest BCUT2D eigenvalue weighted by atomic mass is 9.93. The second-order valence-corrected chi connectivity index (χ2v) is 6.81.